The molecule has 0 saturated carbocycles. The summed E-state index contributed by atoms with van der Waals surface area (Å²) in [4.78, 5) is 0. The van der Waals surface area contributed by atoms with Gasteiger partial charge in [0.25, 0.3) is 0 Å². The lowest BCUT2D eigenvalue weighted by atomic mass is 10.3. The number of nitrogens with zero attached hydrogens (tertiary/aromatic N) is 1. The highest BCUT2D eigenvalue weighted by Gasteiger charge is 2.42. The van der Waals surface area contributed by atoms with Gasteiger partial charge in [0.1, 0.15) is 0 Å². The summed E-state index contributed by atoms with van der Waals surface area (Å²) in [5, 5.41) is 4.98. The Balaban J connectivity index is 2.14. The van der Waals surface area contributed by atoms with E-state index in [1.54, 1.807) is 0 Å². The molecular formula is C24H38N2OSi. The Hall–Kier alpha value is -1.62. The summed E-state index contributed by atoms with van der Waals surface area (Å²) in [5.41, 5.74) is 1.20. The summed E-state index contributed by atoms with van der Waals surface area (Å²) in [6.07, 6.45) is 4.74. The average molecular weight is 399 g/mol. The minimum absolute atomic E-state index is 0.873. The van der Waals surface area contributed by atoms with Gasteiger partial charge in [-0.25, -0.2) is 0 Å². The molecule has 0 bridgehead atoms. The lowest BCUT2D eigenvalue weighted by Crippen LogP contribution is -2.64. The van der Waals surface area contributed by atoms with Gasteiger partial charge in [-0.2, -0.15) is 0 Å². The Morgan fingerprint density at radius 1 is 0.821 bits per heavy atom. The van der Waals surface area contributed by atoms with E-state index in [1.807, 2.05) is 0 Å². The normalized spacial score (nSPS) is 13.4. The van der Waals surface area contributed by atoms with Gasteiger partial charge in [-0.15, -0.1) is 0 Å². The summed E-state index contributed by atoms with van der Waals surface area (Å²) in [7, 11) is -2.20. The van der Waals surface area contributed by atoms with Crippen molar-refractivity contribution in [1.29, 1.82) is 0 Å². The molecule has 0 saturated heterocycles. The number of para-hydroxylation sites is 1. The van der Waals surface area contributed by atoms with Crippen molar-refractivity contribution in [2.24, 2.45) is 0 Å². The van der Waals surface area contributed by atoms with E-state index in [1.165, 1.54) is 23.7 Å². The van der Waals surface area contributed by atoms with Crippen molar-refractivity contribution in [3.8, 4) is 0 Å². The van der Waals surface area contributed by atoms with Crippen LogP contribution in [0.15, 0.2) is 60.7 Å². The second-order valence-electron chi connectivity index (χ2n) is 7.27. The number of benzene rings is 2. The molecule has 0 aliphatic carbocycles. The first-order chi connectivity index (χ1) is 13.8. The van der Waals surface area contributed by atoms with Gasteiger partial charge < -0.3 is 9.74 Å². The van der Waals surface area contributed by atoms with Crippen molar-refractivity contribution < 1.29 is 4.43 Å². The Labute approximate surface area is 173 Å². The van der Waals surface area contributed by atoms with Crippen LogP contribution in [0.5, 0.6) is 0 Å². The molecule has 3 nitrogen and oxygen atoms in total. The smallest absolute Gasteiger partial charge is 0.304 e. The quantitative estimate of drug-likeness (QED) is 0.341. The lowest BCUT2D eigenvalue weighted by Gasteiger charge is -2.41. The van der Waals surface area contributed by atoms with Gasteiger partial charge in [-0.05, 0) is 49.3 Å². The SMILES string of the molecule is CCCCCO[Si](CCCNc1ccccc1)(c1ccccc1)N(CC)CC. The summed E-state index contributed by atoms with van der Waals surface area (Å²) in [6.45, 7) is 10.7. The standard InChI is InChI=1S/C24H38N2OSi/c1-4-7-14-21-27-28(26(5-2)6-3,24-18-12-9-13-19-24)22-15-20-25-23-16-10-8-11-17-23/h8-13,16-19,25H,4-7,14-15,20-22H2,1-3H3. The minimum atomic E-state index is -2.20. The molecule has 0 radical (unpaired) electrons. The summed E-state index contributed by atoms with van der Waals surface area (Å²) in [6, 6.07) is 22.6. The summed E-state index contributed by atoms with van der Waals surface area (Å²) >= 11 is 0. The maximum atomic E-state index is 6.85. The molecule has 4 heteroatoms. The van der Waals surface area contributed by atoms with E-state index < -0.39 is 8.48 Å². The fourth-order valence-electron chi connectivity index (χ4n) is 3.87. The van der Waals surface area contributed by atoms with E-state index in [0.717, 1.165) is 45.1 Å². The van der Waals surface area contributed by atoms with E-state index in [9.17, 15) is 0 Å². The Bertz CT molecular complexity index is 634. The van der Waals surface area contributed by atoms with Crippen molar-refractivity contribution in [2.75, 3.05) is 31.6 Å². The molecule has 0 aliphatic rings. The third-order valence-corrected chi connectivity index (χ3v) is 9.99. The first kappa shape index (κ1) is 22.7. The van der Waals surface area contributed by atoms with Gasteiger partial charge in [0.05, 0.1) is 0 Å². The molecule has 0 spiro atoms. The molecular weight excluding hydrogens is 360 g/mol. The number of rotatable bonds is 14. The van der Waals surface area contributed by atoms with Crippen molar-refractivity contribution in [2.45, 2.75) is 52.5 Å². The van der Waals surface area contributed by atoms with Crippen LogP contribution in [0.1, 0.15) is 46.5 Å². The van der Waals surface area contributed by atoms with Crippen LogP contribution < -0.4 is 10.5 Å². The molecule has 2 aromatic rings. The fraction of sp³-hybridized carbons (Fsp3) is 0.500. The van der Waals surface area contributed by atoms with E-state index in [4.69, 9.17) is 4.43 Å². The van der Waals surface area contributed by atoms with Gasteiger partial charge in [0, 0.05) is 18.8 Å². The Morgan fingerprint density at radius 2 is 1.46 bits per heavy atom. The number of anilines is 1. The number of hydrogen-bond donors (Lipinski definition) is 1. The molecule has 1 atom stereocenters. The maximum absolute atomic E-state index is 6.85. The van der Waals surface area contributed by atoms with Gasteiger partial charge >= 0.3 is 8.48 Å². The Morgan fingerprint density at radius 3 is 2.07 bits per heavy atom. The highest BCUT2D eigenvalue weighted by atomic mass is 28.4. The molecule has 0 fully saturated rings. The largest absolute Gasteiger partial charge is 0.400 e. The number of unbranched alkanes of at least 4 members (excludes halogenated alkanes) is 2. The molecule has 154 valence electrons. The van der Waals surface area contributed by atoms with Crippen LogP contribution in [-0.2, 0) is 4.43 Å². The maximum Gasteiger partial charge on any atom is 0.304 e. The number of hydrogen-bond acceptors (Lipinski definition) is 3. The zero-order chi connectivity index (χ0) is 20.1. The Kier molecular flexibility index (Phi) is 10.3. The third kappa shape index (κ3) is 6.47. The predicted octanol–water partition coefficient (Wildman–Crippen LogP) is 5.39. The molecule has 28 heavy (non-hydrogen) atoms. The van der Waals surface area contributed by atoms with Crippen LogP contribution >= 0.6 is 0 Å². The van der Waals surface area contributed by atoms with Crippen LogP contribution in [0, 0.1) is 0 Å². The molecule has 0 amide bonds. The summed E-state index contributed by atoms with van der Waals surface area (Å²) < 4.78 is 9.47. The fourth-order valence-corrected chi connectivity index (χ4v) is 8.21. The van der Waals surface area contributed by atoms with Crippen molar-refractivity contribution in [1.82, 2.24) is 4.57 Å². The van der Waals surface area contributed by atoms with Crippen LogP contribution in [-0.4, -0.2) is 39.3 Å². The average Bonchev–Trinajstić information content (AvgIpc) is 2.76. The highest BCUT2D eigenvalue weighted by molar-refractivity contribution is 6.84. The molecule has 1 unspecified atom stereocenters. The molecule has 1 N–H and O–H groups in total. The van der Waals surface area contributed by atoms with E-state index in [2.05, 4.69) is 91.3 Å². The van der Waals surface area contributed by atoms with Gasteiger partial charge in [-0.3, -0.25) is 4.57 Å². The van der Waals surface area contributed by atoms with E-state index >= 15 is 0 Å². The molecule has 0 aliphatic heterocycles. The molecule has 0 heterocycles. The first-order valence-electron chi connectivity index (χ1n) is 11.0. The van der Waals surface area contributed by atoms with Crippen molar-refractivity contribution >= 4 is 19.4 Å². The van der Waals surface area contributed by atoms with E-state index in [-0.39, 0.29) is 0 Å². The van der Waals surface area contributed by atoms with Crippen molar-refractivity contribution in [3.63, 3.8) is 0 Å². The van der Waals surface area contributed by atoms with Gasteiger partial charge in [0.2, 0.25) is 0 Å². The van der Waals surface area contributed by atoms with Gasteiger partial charge in [0.15, 0.2) is 0 Å². The first-order valence-corrected chi connectivity index (χ1v) is 13.1. The topological polar surface area (TPSA) is 24.5 Å². The van der Waals surface area contributed by atoms with E-state index in [0.29, 0.717) is 0 Å². The van der Waals surface area contributed by atoms with Crippen LogP contribution in [0.25, 0.3) is 0 Å². The van der Waals surface area contributed by atoms with Crippen LogP contribution in [0.2, 0.25) is 6.04 Å². The lowest BCUT2D eigenvalue weighted by molar-refractivity contribution is 0.242. The highest BCUT2D eigenvalue weighted by Crippen LogP contribution is 2.21. The van der Waals surface area contributed by atoms with Crippen LogP contribution in [0.4, 0.5) is 5.69 Å². The molecule has 2 rings (SSSR count). The zero-order valence-corrected chi connectivity index (χ0v) is 19.0. The molecule has 2 aromatic carbocycles. The second kappa shape index (κ2) is 12.8. The summed E-state index contributed by atoms with van der Waals surface area (Å²) in [5.74, 6) is 0. The third-order valence-electron chi connectivity index (χ3n) is 5.38. The minimum Gasteiger partial charge on any atom is -0.400 e. The monoisotopic (exact) mass is 398 g/mol. The van der Waals surface area contributed by atoms with Crippen molar-refractivity contribution in [3.05, 3.63) is 60.7 Å². The zero-order valence-electron chi connectivity index (χ0n) is 18.0. The molecule has 0 aromatic heterocycles. The second-order valence-corrected chi connectivity index (χ2v) is 10.8. The van der Waals surface area contributed by atoms with Gasteiger partial charge in [-0.1, -0.05) is 82.1 Å². The van der Waals surface area contributed by atoms with Crippen LogP contribution in [0.3, 0.4) is 0 Å². The number of nitrogens with one attached hydrogen (secondary N) is 1. The predicted molar refractivity (Wildman–Crippen MR) is 125 cm³/mol.